The van der Waals surface area contributed by atoms with Crippen LogP contribution < -0.4 is 10.1 Å². The van der Waals surface area contributed by atoms with Gasteiger partial charge < -0.3 is 10.1 Å². The average Bonchev–Trinajstić information content (AvgIpc) is 3.13. The van der Waals surface area contributed by atoms with E-state index in [9.17, 15) is 4.79 Å². The molecule has 0 aromatic carbocycles. The lowest BCUT2D eigenvalue weighted by Gasteiger charge is -2.38. The van der Waals surface area contributed by atoms with Crippen LogP contribution in [0.1, 0.15) is 34.1 Å². The quantitative estimate of drug-likeness (QED) is 0.905. The molecule has 1 aliphatic rings. The van der Waals surface area contributed by atoms with Crippen LogP contribution in [0.5, 0.6) is 5.88 Å². The lowest BCUT2D eigenvalue weighted by molar-refractivity contribution is 0.0892. The van der Waals surface area contributed by atoms with Crippen LogP contribution in [0.4, 0.5) is 0 Å². The molecule has 0 bridgehead atoms. The summed E-state index contributed by atoms with van der Waals surface area (Å²) < 4.78 is 5.18. The van der Waals surface area contributed by atoms with Crippen molar-refractivity contribution in [3.05, 3.63) is 46.3 Å². The number of rotatable bonds is 5. The van der Waals surface area contributed by atoms with Crippen LogP contribution in [0, 0.1) is 5.92 Å². The number of carbonyl (C=O) groups excluding carboxylic acids is 1. The number of ether oxygens (including phenoxy) is 1. The van der Waals surface area contributed by atoms with Gasteiger partial charge in [-0.2, -0.15) is 0 Å². The number of nitrogens with one attached hydrogen (secondary N) is 1. The summed E-state index contributed by atoms with van der Waals surface area (Å²) in [7, 11) is 3.70. The second-order valence-corrected chi connectivity index (χ2v) is 7.09. The summed E-state index contributed by atoms with van der Waals surface area (Å²) in [6, 6.07) is 8.15. The molecule has 6 heteroatoms. The first-order chi connectivity index (χ1) is 11.7. The van der Waals surface area contributed by atoms with Crippen LogP contribution in [-0.2, 0) is 0 Å². The minimum absolute atomic E-state index is 0.127. The lowest BCUT2D eigenvalue weighted by atomic mass is 9.88. The Morgan fingerprint density at radius 2 is 2.33 bits per heavy atom. The van der Waals surface area contributed by atoms with Gasteiger partial charge in [0, 0.05) is 23.7 Å². The largest absolute Gasteiger partial charge is 0.480 e. The summed E-state index contributed by atoms with van der Waals surface area (Å²) in [6.07, 6.45) is 3.91. The average molecular weight is 345 g/mol. The first-order valence-electron chi connectivity index (χ1n) is 8.21. The molecule has 24 heavy (non-hydrogen) atoms. The zero-order chi connectivity index (χ0) is 16.9. The predicted molar refractivity (Wildman–Crippen MR) is 95.5 cm³/mol. The van der Waals surface area contributed by atoms with Gasteiger partial charge in [-0.3, -0.25) is 9.69 Å². The molecule has 1 amide bonds. The lowest BCUT2D eigenvalue weighted by Crippen LogP contribution is -2.41. The van der Waals surface area contributed by atoms with Gasteiger partial charge in [0.1, 0.15) is 5.56 Å². The molecule has 1 N–H and O–H groups in total. The summed E-state index contributed by atoms with van der Waals surface area (Å²) >= 11 is 1.79. The van der Waals surface area contributed by atoms with Crippen LogP contribution in [-0.4, -0.2) is 43.0 Å². The number of hydrogen-bond acceptors (Lipinski definition) is 5. The van der Waals surface area contributed by atoms with E-state index in [1.807, 2.05) is 0 Å². The van der Waals surface area contributed by atoms with Crippen LogP contribution in [0.2, 0.25) is 0 Å². The second kappa shape index (κ2) is 7.77. The molecule has 0 saturated carbocycles. The standard InChI is InChI=1S/C18H23N3O2S/c1-21-10-4-6-13(16(21)15-8-5-11-24-15)12-20-17(22)14-7-3-9-19-18(14)23-2/h3,5,7-9,11,13,16H,4,6,10,12H2,1-2H3,(H,20,22)/t13-,16+/m1/s1. The van der Waals surface area contributed by atoms with Crippen LogP contribution in [0.25, 0.3) is 0 Å². The van der Waals surface area contributed by atoms with E-state index >= 15 is 0 Å². The minimum Gasteiger partial charge on any atom is -0.480 e. The van der Waals surface area contributed by atoms with Crippen molar-refractivity contribution in [3.63, 3.8) is 0 Å². The summed E-state index contributed by atoms with van der Waals surface area (Å²) in [5.41, 5.74) is 0.483. The predicted octanol–water partition coefficient (Wildman–Crippen LogP) is 2.96. The molecule has 2 aromatic heterocycles. The Morgan fingerprint density at radius 3 is 3.08 bits per heavy atom. The van der Waals surface area contributed by atoms with Gasteiger partial charge >= 0.3 is 0 Å². The van der Waals surface area contributed by atoms with Gasteiger partial charge in [-0.25, -0.2) is 4.98 Å². The van der Waals surface area contributed by atoms with Gasteiger partial charge in [0.25, 0.3) is 5.91 Å². The summed E-state index contributed by atoms with van der Waals surface area (Å²) in [6.45, 7) is 1.76. The number of hydrogen-bond donors (Lipinski definition) is 1. The molecule has 128 valence electrons. The molecule has 0 aliphatic carbocycles. The van der Waals surface area contributed by atoms with E-state index in [1.165, 1.54) is 12.0 Å². The number of nitrogens with zero attached hydrogens (tertiary/aromatic N) is 2. The molecule has 5 nitrogen and oxygen atoms in total. The molecular formula is C18H23N3O2S. The van der Waals surface area contributed by atoms with Gasteiger partial charge in [-0.1, -0.05) is 6.07 Å². The SMILES string of the molecule is COc1ncccc1C(=O)NC[C@H]1CCCN(C)[C@@H]1c1cccs1. The smallest absolute Gasteiger partial charge is 0.256 e. The van der Waals surface area contributed by atoms with Crippen molar-refractivity contribution in [1.29, 1.82) is 0 Å². The fraction of sp³-hybridized carbons (Fsp3) is 0.444. The van der Waals surface area contributed by atoms with Crippen molar-refractivity contribution in [3.8, 4) is 5.88 Å². The maximum Gasteiger partial charge on any atom is 0.256 e. The molecule has 0 spiro atoms. The van der Waals surface area contributed by atoms with Gasteiger partial charge in [0.15, 0.2) is 0 Å². The van der Waals surface area contributed by atoms with E-state index in [0.29, 0.717) is 29.9 Å². The molecule has 0 radical (unpaired) electrons. The van der Waals surface area contributed by atoms with Gasteiger partial charge in [0.05, 0.1) is 7.11 Å². The maximum atomic E-state index is 12.5. The highest BCUT2D eigenvalue weighted by Gasteiger charge is 2.31. The highest BCUT2D eigenvalue weighted by atomic mass is 32.1. The first kappa shape index (κ1) is 16.9. The van der Waals surface area contributed by atoms with Gasteiger partial charge in [-0.05, 0) is 55.9 Å². The minimum atomic E-state index is -0.127. The van der Waals surface area contributed by atoms with Gasteiger partial charge in [0.2, 0.25) is 5.88 Å². The van der Waals surface area contributed by atoms with Gasteiger partial charge in [-0.15, -0.1) is 11.3 Å². The number of pyridine rings is 1. The molecule has 3 heterocycles. The van der Waals surface area contributed by atoms with E-state index in [0.717, 1.165) is 19.4 Å². The fourth-order valence-electron chi connectivity index (χ4n) is 3.43. The van der Waals surface area contributed by atoms with E-state index in [1.54, 1.807) is 29.7 Å². The number of aromatic nitrogens is 1. The molecule has 0 unspecified atom stereocenters. The number of amides is 1. The summed E-state index contributed by atoms with van der Waals surface area (Å²) in [4.78, 5) is 20.4. The van der Waals surface area contributed by atoms with Crippen molar-refractivity contribution in [2.24, 2.45) is 5.92 Å². The number of carbonyl (C=O) groups is 1. The number of likely N-dealkylation sites (tertiary alicyclic amines) is 1. The highest BCUT2D eigenvalue weighted by Crippen LogP contribution is 2.36. The van der Waals surface area contributed by atoms with Crippen LogP contribution >= 0.6 is 11.3 Å². The van der Waals surface area contributed by atoms with Crippen molar-refractivity contribution < 1.29 is 9.53 Å². The van der Waals surface area contributed by atoms with Crippen LogP contribution in [0.3, 0.4) is 0 Å². The Bertz CT molecular complexity index is 675. The van der Waals surface area contributed by atoms with Crippen molar-refractivity contribution >= 4 is 17.2 Å². The Balaban J connectivity index is 1.69. The third kappa shape index (κ3) is 3.60. The highest BCUT2D eigenvalue weighted by molar-refractivity contribution is 7.10. The van der Waals surface area contributed by atoms with Crippen molar-refractivity contribution in [1.82, 2.24) is 15.2 Å². The van der Waals surface area contributed by atoms with Crippen molar-refractivity contribution in [2.75, 3.05) is 27.2 Å². The second-order valence-electron chi connectivity index (χ2n) is 6.11. The monoisotopic (exact) mass is 345 g/mol. The zero-order valence-electron chi connectivity index (χ0n) is 14.1. The molecule has 3 rings (SSSR count). The Kier molecular flexibility index (Phi) is 5.48. The molecule has 2 atom stereocenters. The number of piperidine rings is 1. The van der Waals surface area contributed by atoms with E-state index < -0.39 is 0 Å². The normalized spacial score (nSPS) is 21.4. The maximum absolute atomic E-state index is 12.5. The number of thiophene rings is 1. The summed E-state index contributed by atoms with van der Waals surface area (Å²) in [5.74, 6) is 0.651. The first-order valence-corrected chi connectivity index (χ1v) is 9.09. The molecule has 2 aromatic rings. The summed E-state index contributed by atoms with van der Waals surface area (Å²) in [5, 5.41) is 5.19. The zero-order valence-corrected chi connectivity index (χ0v) is 14.9. The number of methoxy groups -OCH3 is 1. The Labute approximate surface area is 146 Å². The topological polar surface area (TPSA) is 54.5 Å². The molecule has 1 aliphatic heterocycles. The van der Waals surface area contributed by atoms with E-state index in [4.69, 9.17) is 4.74 Å². The third-order valence-electron chi connectivity index (χ3n) is 4.58. The fourth-order valence-corrected chi connectivity index (χ4v) is 4.41. The molecular weight excluding hydrogens is 322 g/mol. The van der Waals surface area contributed by atoms with E-state index in [-0.39, 0.29) is 5.91 Å². The third-order valence-corrected chi connectivity index (χ3v) is 5.52. The van der Waals surface area contributed by atoms with E-state index in [2.05, 4.69) is 39.8 Å². The molecule has 1 saturated heterocycles. The Morgan fingerprint density at radius 1 is 1.46 bits per heavy atom. The van der Waals surface area contributed by atoms with Crippen molar-refractivity contribution in [2.45, 2.75) is 18.9 Å². The molecule has 1 fully saturated rings. The Hall–Kier alpha value is -1.92. The van der Waals surface area contributed by atoms with Crippen LogP contribution in [0.15, 0.2) is 35.8 Å².